The van der Waals surface area contributed by atoms with Gasteiger partial charge in [0.05, 0.1) is 17.5 Å². The van der Waals surface area contributed by atoms with Gasteiger partial charge >= 0.3 is 0 Å². The topological polar surface area (TPSA) is 104 Å². The molecule has 0 bridgehead atoms. The van der Waals surface area contributed by atoms with Crippen molar-refractivity contribution in [3.63, 3.8) is 0 Å². The van der Waals surface area contributed by atoms with Crippen LogP contribution in [0.1, 0.15) is 24.1 Å². The van der Waals surface area contributed by atoms with Crippen LogP contribution >= 0.6 is 11.3 Å². The number of nitrogens with one attached hydrogen (secondary N) is 1. The van der Waals surface area contributed by atoms with E-state index in [1.165, 1.54) is 6.92 Å². The molecule has 2 amide bonds. The van der Waals surface area contributed by atoms with E-state index in [0.717, 1.165) is 10.1 Å². The molecule has 1 heterocycles. The molecule has 1 atom stereocenters. The quantitative estimate of drug-likeness (QED) is 0.323. The molecule has 3 aromatic rings. The molecule has 3 rings (SSSR count). The minimum atomic E-state index is -3.64. The molecule has 2 aromatic carbocycles. The van der Waals surface area contributed by atoms with Gasteiger partial charge in [0.2, 0.25) is 12.3 Å². The van der Waals surface area contributed by atoms with Crippen molar-refractivity contribution in [2.75, 3.05) is 11.1 Å². The third-order valence-electron chi connectivity index (χ3n) is 4.36. The lowest BCUT2D eigenvalue weighted by molar-refractivity contribution is -0.158. The van der Waals surface area contributed by atoms with Gasteiger partial charge in [0.15, 0.2) is 9.84 Å². The van der Waals surface area contributed by atoms with Crippen molar-refractivity contribution in [1.82, 2.24) is 5.06 Å². The fourth-order valence-electron chi connectivity index (χ4n) is 3.05. The van der Waals surface area contributed by atoms with Crippen LogP contribution in [0.4, 0.5) is 5.69 Å². The first kappa shape index (κ1) is 21.0. The second-order valence-electron chi connectivity index (χ2n) is 6.65. The van der Waals surface area contributed by atoms with E-state index in [-0.39, 0.29) is 18.1 Å². The van der Waals surface area contributed by atoms with E-state index in [1.54, 1.807) is 41.7 Å². The number of carbonyl (C=O) groups is 2. The van der Waals surface area contributed by atoms with Crippen molar-refractivity contribution in [3.05, 3.63) is 65.0 Å². The summed E-state index contributed by atoms with van der Waals surface area (Å²) >= 11 is 1.58. The summed E-state index contributed by atoms with van der Waals surface area (Å²) in [6.45, 7) is 1.37. The summed E-state index contributed by atoms with van der Waals surface area (Å²) in [5.74, 6) is -0.883. The smallest absolute Gasteiger partial charge is 0.233 e. The first-order valence-corrected chi connectivity index (χ1v) is 11.4. The average molecular weight is 433 g/mol. The van der Waals surface area contributed by atoms with Crippen molar-refractivity contribution >= 4 is 49.3 Å². The molecule has 1 aromatic heterocycles. The van der Waals surface area contributed by atoms with Gasteiger partial charge in [0.25, 0.3) is 0 Å². The SMILES string of the molecule is CC(=O)Nc1ccc([C@@H](CS(=O)(=O)Cc2ccc3sccc3c2)N(O)C=O)cc1. The Balaban J connectivity index is 1.81. The second-order valence-corrected chi connectivity index (χ2v) is 9.71. The number of amides is 2. The van der Waals surface area contributed by atoms with Crippen molar-refractivity contribution in [2.45, 2.75) is 18.7 Å². The molecule has 0 aliphatic heterocycles. The number of hydrogen-bond donors (Lipinski definition) is 2. The summed E-state index contributed by atoms with van der Waals surface area (Å²) in [4.78, 5) is 22.2. The number of hydroxylamine groups is 2. The fraction of sp³-hybridized carbons (Fsp3) is 0.200. The molecule has 9 heteroatoms. The van der Waals surface area contributed by atoms with Crippen molar-refractivity contribution in [3.8, 4) is 0 Å². The van der Waals surface area contributed by atoms with Gasteiger partial charge in [-0.3, -0.25) is 14.8 Å². The maximum absolute atomic E-state index is 12.8. The number of fused-ring (bicyclic) bond motifs is 1. The lowest BCUT2D eigenvalue weighted by atomic mass is 10.1. The van der Waals surface area contributed by atoms with Gasteiger partial charge in [-0.05, 0) is 52.2 Å². The summed E-state index contributed by atoms with van der Waals surface area (Å²) in [5.41, 5.74) is 1.61. The summed E-state index contributed by atoms with van der Waals surface area (Å²) in [5, 5.41) is 15.8. The van der Waals surface area contributed by atoms with Gasteiger partial charge in [-0.2, -0.15) is 0 Å². The monoisotopic (exact) mass is 432 g/mol. The Labute approximate surface area is 172 Å². The lowest BCUT2D eigenvalue weighted by Crippen LogP contribution is -2.30. The van der Waals surface area contributed by atoms with Crippen LogP contribution in [-0.2, 0) is 25.2 Å². The zero-order valence-electron chi connectivity index (χ0n) is 15.6. The number of hydrogen-bond acceptors (Lipinski definition) is 6. The number of anilines is 1. The molecular weight excluding hydrogens is 412 g/mol. The Kier molecular flexibility index (Phi) is 6.31. The Morgan fingerprint density at radius 1 is 1.21 bits per heavy atom. The molecule has 0 fully saturated rings. The number of benzene rings is 2. The minimum absolute atomic E-state index is 0.180. The molecule has 7 nitrogen and oxygen atoms in total. The standard InChI is InChI=1S/C20H20N2O5S2/c1-14(24)21-18-5-3-16(4-6-18)19(22(25)13-23)12-29(26,27)11-15-2-7-20-17(10-15)8-9-28-20/h2-10,13,19,25H,11-12H2,1H3,(H,21,24)/t19-/m1/s1. The summed E-state index contributed by atoms with van der Waals surface area (Å²) in [6, 6.07) is 12.6. The Hall–Kier alpha value is -2.75. The molecule has 29 heavy (non-hydrogen) atoms. The Morgan fingerprint density at radius 3 is 2.59 bits per heavy atom. The van der Waals surface area contributed by atoms with Gasteiger partial charge in [-0.15, -0.1) is 11.3 Å². The molecule has 2 N–H and O–H groups in total. The van der Waals surface area contributed by atoms with Gasteiger partial charge < -0.3 is 5.32 Å². The number of nitrogens with zero attached hydrogens (tertiary/aromatic N) is 1. The second kappa shape index (κ2) is 8.73. The van der Waals surface area contributed by atoms with Crippen molar-refractivity contribution in [2.24, 2.45) is 0 Å². The predicted molar refractivity (Wildman–Crippen MR) is 112 cm³/mol. The Morgan fingerprint density at radius 2 is 1.93 bits per heavy atom. The minimum Gasteiger partial charge on any atom is -0.326 e. The fourth-order valence-corrected chi connectivity index (χ4v) is 5.45. The van der Waals surface area contributed by atoms with Crippen molar-refractivity contribution in [1.29, 1.82) is 0 Å². The molecule has 0 saturated carbocycles. The van der Waals surface area contributed by atoms with E-state index < -0.39 is 21.6 Å². The largest absolute Gasteiger partial charge is 0.326 e. The van der Waals surface area contributed by atoms with Gasteiger partial charge in [-0.25, -0.2) is 13.5 Å². The molecule has 0 aliphatic rings. The molecule has 0 spiro atoms. The highest BCUT2D eigenvalue weighted by atomic mass is 32.2. The first-order chi connectivity index (χ1) is 13.8. The van der Waals surface area contributed by atoms with Gasteiger partial charge in [0, 0.05) is 17.3 Å². The van der Waals surface area contributed by atoms with E-state index in [9.17, 15) is 23.2 Å². The molecule has 0 radical (unpaired) electrons. The highest BCUT2D eigenvalue weighted by molar-refractivity contribution is 7.90. The Bertz CT molecular complexity index is 1120. The normalized spacial score (nSPS) is 12.5. The van der Waals surface area contributed by atoms with Crippen molar-refractivity contribution < 1.29 is 23.2 Å². The molecule has 0 aliphatic carbocycles. The molecular formula is C20H20N2O5S2. The van der Waals surface area contributed by atoms with Crippen LogP contribution in [0.5, 0.6) is 0 Å². The van der Waals surface area contributed by atoms with E-state index in [0.29, 0.717) is 21.9 Å². The number of carbonyl (C=O) groups excluding carboxylic acids is 2. The maximum Gasteiger partial charge on any atom is 0.233 e. The van der Waals surface area contributed by atoms with E-state index in [2.05, 4.69) is 5.32 Å². The van der Waals surface area contributed by atoms with E-state index in [4.69, 9.17) is 0 Å². The highest BCUT2D eigenvalue weighted by Gasteiger charge is 2.26. The zero-order valence-corrected chi connectivity index (χ0v) is 17.2. The average Bonchev–Trinajstić information content (AvgIpc) is 3.13. The highest BCUT2D eigenvalue weighted by Crippen LogP contribution is 2.26. The number of thiophene rings is 1. The number of sulfone groups is 1. The molecule has 0 saturated heterocycles. The van der Waals surface area contributed by atoms with Crippen LogP contribution in [-0.4, -0.2) is 36.8 Å². The van der Waals surface area contributed by atoms with Gasteiger partial charge in [-0.1, -0.05) is 18.2 Å². The lowest BCUT2D eigenvalue weighted by Gasteiger charge is -2.23. The van der Waals surface area contributed by atoms with Crippen LogP contribution in [0.15, 0.2) is 53.9 Å². The van der Waals surface area contributed by atoms with Gasteiger partial charge in [0.1, 0.15) is 0 Å². The van der Waals surface area contributed by atoms with Crippen LogP contribution in [0.25, 0.3) is 10.1 Å². The zero-order chi connectivity index (χ0) is 21.0. The van der Waals surface area contributed by atoms with E-state index >= 15 is 0 Å². The summed E-state index contributed by atoms with van der Waals surface area (Å²) in [7, 11) is -3.64. The summed E-state index contributed by atoms with van der Waals surface area (Å²) in [6.07, 6.45) is 0.180. The van der Waals surface area contributed by atoms with Crippen LogP contribution < -0.4 is 5.32 Å². The van der Waals surface area contributed by atoms with Crippen LogP contribution in [0.2, 0.25) is 0 Å². The first-order valence-electron chi connectivity index (χ1n) is 8.74. The number of rotatable bonds is 8. The third kappa shape index (κ3) is 5.41. The predicted octanol–water partition coefficient (Wildman–Crippen LogP) is 3.36. The molecule has 0 unspecified atom stereocenters. The summed E-state index contributed by atoms with van der Waals surface area (Å²) < 4.78 is 26.6. The maximum atomic E-state index is 12.8. The van der Waals surface area contributed by atoms with Crippen LogP contribution in [0.3, 0.4) is 0 Å². The third-order valence-corrected chi connectivity index (χ3v) is 6.85. The molecule has 152 valence electrons. The van der Waals surface area contributed by atoms with Crippen LogP contribution in [0, 0.1) is 0 Å². The van der Waals surface area contributed by atoms with E-state index in [1.807, 2.05) is 23.6 Å².